The number of cyclic esters (lactones) is 1. The Bertz CT molecular complexity index is 204. The van der Waals surface area contributed by atoms with Crippen molar-refractivity contribution in [2.45, 2.75) is 45.1 Å². The third-order valence-electron chi connectivity index (χ3n) is 3.46. The summed E-state index contributed by atoms with van der Waals surface area (Å²) in [7, 11) is 0. The van der Waals surface area contributed by atoms with Crippen molar-refractivity contribution in [3.05, 3.63) is 0 Å². The molecule has 1 aliphatic carbocycles. The number of hydrogen-bond acceptors (Lipinski definition) is 2. The maximum atomic E-state index is 11.0. The van der Waals surface area contributed by atoms with Crippen molar-refractivity contribution in [3.8, 4) is 0 Å². The van der Waals surface area contributed by atoms with Crippen LogP contribution >= 0.6 is 0 Å². The van der Waals surface area contributed by atoms with Crippen molar-refractivity contribution < 1.29 is 9.53 Å². The number of epoxide rings is 1. The minimum Gasteiger partial charge on any atom is -0.444 e. The Morgan fingerprint density at radius 1 is 1.33 bits per heavy atom. The number of hydrogen-bond donors (Lipinski definition) is 0. The lowest BCUT2D eigenvalue weighted by Gasteiger charge is -2.26. The van der Waals surface area contributed by atoms with Gasteiger partial charge in [0.15, 0.2) is 0 Å². The van der Waals surface area contributed by atoms with Crippen molar-refractivity contribution in [2.24, 2.45) is 11.8 Å². The Morgan fingerprint density at radius 3 is 2.25 bits per heavy atom. The van der Waals surface area contributed by atoms with Crippen LogP contribution in [-0.2, 0) is 9.53 Å². The smallest absolute Gasteiger partial charge is 0.351 e. The lowest BCUT2D eigenvalue weighted by atomic mass is 9.77. The lowest BCUT2D eigenvalue weighted by molar-refractivity contribution is -0.117. The predicted molar refractivity (Wildman–Crippen MR) is 45.6 cm³/mol. The average molecular weight is 168 g/mol. The average Bonchev–Trinajstić information content (AvgIpc) is 2.62. The molecule has 0 aromatic heterocycles. The maximum absolute atomic E-state index is 11.0. The quantitative estimate of drug-likeness (QED) is 0.561. The first-order chi connectivity index (χ1) is 5.63. The van der Waals surface area contributed by atoms with E-state index < -0.39 is 0 Å². The molecule has 1 atom stereocenters. The van der Waals surface area contributed by atoms with Gasteiger partial charge in [0.05, 0.1) is 0 Å². The molecular formula is C10H16O2. The van der Waals surface area contributed by atoms with E-state index in [1.807, 2.05) is 6.92 Å². The van der Waals surface area contributed by atoms with Gasteiger partial charge in [0.1, 0.15) is 0 Å². The van der Waals surface area contributed by atoms with E-state index in [0.717, 1.165) is 5.92 Å². The first-order valence-corrected chi connectivity index (χ1v) is 4.86. The molecule has 0 bridgehead atoms. The lowest BCUT2D eigenvalue weighted by Crippen LogP contribution is -2.26. The summed E-state index contributed by atoms with van der Waals surface area (Å²) in [6.45, 7) is 4.23. The second-order valence-electron chi connectivity index (χ2n) is 4.45. The number of rotatable bonds is 1. The van der Waals surface area contributed by atoms with Crippen LogP contribution in [-0.4, -0.2) is 11.6 Å². The van der Waals surface area contributed by atoms with Crippen molar-refractivity contribution in [2.75, 3.05) is 0 Å². The summed E-state index contributed by atoms with van der Waals surface area (Å²) in [5.74, 6) is 1.36. The summed E-state index contributed by atoms with van der Waals surface area (Å²) in [5.41, 5.74) is -0.375. The molecule has 0 radical (unpaired) electrons. The van der Waals surface area contributed by atoms with Crippen LogP contribution in [0.25, 0.3) is 0 Å². The van der Waals surface area contributed by atoms with Gasteiger partial charge in [-0.1, -0.05) is 19.8 Å². The molecule has 2 heteroatoms. The molecule has 2 nitrogen and oxygen atoms in total. The second-order valence-corrected chi connectivity index (χ2v) is 4.45. The molecule has 12 heavy (non-hydrogen) atoms. The molecule has 2 fully saturated rings. The van der Waals surface area contributed by atoms with Gasteiger partial charge in [0.25, 0.3) is 0 Å². The normalized spacial score (nSPS) is 47.0. The highest BCUT2D eigenvalue weighted by molar-refractivity contribution is 5.92. The Labute approximate surface area is 73.3 Å². The topological polar surface area (TPSA) is 29.6 Å². The van der Waals surface area contributed by atoms with Gasteiger partial charge in [-0.2, -0.15) is 0 Å². The Balaban J connectivity index is 1.94. The van der Waals surface area contributed by atoms with Crippen molar-refractivity contribution >= 4 is 5.97 Å². The highest BCUT2D eigenvalue weighted by Gasteiger charge is 2.58. The van der Waals surface area contributed by atoms with Crippen LogP contribution < -0.4 is 0 Å². The van der Waals surface area contributed by atoms with Gasteiger partial charge in [-0.3, -0.25) is 0 Å². The van der Waals surface area contributed by atoms with E-state index in [9.17, 15) is 4.79 Å². The summed E-state index contributed by atoms with van der Waals surface area (Å²) in [6.07, 6.45) is 4.86. The highest BCUT2D eigenvalue weighted by Crippen LogP contribution is 2.45. The summed E-state index contributed by atoms with van der Waals surface area (Å²) in [6, 6.07) is 0. The SMILES string of the molecule is CC1CCC(C2(C)OC2=O)CC1. The zero-order valence-corrected chi connectivity index (χ0v) is 7.80. The van der Waals surface area contributed by atoms with E-state index in [-0.39, 0.29) is 11.6 Å². The first kappa shape index (κ1) is 8.09. The molecule has 0 N–H and O–H groups in total. The minimum absolute atomic E-state index is 0.0158. The molecule has 0 aromatic carbocycles. The fourth-order valence-corrected chi connectivity index (χ4v) is 2.23. The third kappa shape index (κ3) is 1.13. The van der Waals surface area contributed by atoms with Gasteiger partial charge in [-0.25, -0.2) is 4.79 Å². The molecule has 1 saturated carbocycles. The van der Waals surface area contributed by atoms with Crippen LogP contribution in [0.4, 0.5) is 0 Å². The number of ether oxygens (including phenoxy) is 1. The second kappa shape index (κ2) is 2.48. The highest BCUT2D eigenvalue weighted by atomic mass is 16.7. The van der Waals surface area contributed by atoms with Gasteiger partial charge in [-0.15, -0.1) is 0 Å². The van der Waals surface area contributed by atoms with Crippen molar-refractivity contribution in [1.29, 1.82) is 0 Å². The molecule has 0 spiro atoms. The summed E-state index contributed by atoms with van der Waals surface area (Å²) in [5, 5.41) is 0. The fraction of sp³-hybridized carbons (Fsp3) is 0.900. The van der Waals surface area contributed by atoms with E-state index >= 15 is 0 Å². The zero-order chi connectivity index (χ0) is 8.77. The van der Waals surface area contributed by atoms with Crippen molar-refractivity contribution in [3.63, 3.8) is 0 Å². The fourth-order valence-electron chi connectivity index (χ4n) is 2.23. The van der Waals surface area contributed by atoms with E-state index in [1.165, 1.54) is 25.7 Å². The van der Waals surface area contributed by atoms with Gasteiger partial charge >= 0.3 is 5.97 Å². The van der Waals surface area contributed by atoms with Gasteiger partial charge in [0, 0.05) is 5.92 Å². The summed E-state index contributed by atoms with van der Waals surface area (Å²) >= 11 is 0. The third-order valence-corrected chi connectivity index (χ3v) is 3.46. The van der Waals surface area contributed by atoms with E-state index in [2.05, 4.69) is 6.92 Å². The standard InChI is InChI=1S/C10H16O2/c1-7-3-5-8(6-4-7)10(2)9(11)12-10/h7-8H,3-6H2,1-2H3. The zero-order valence-electron chi connectivity index (χ0n) is 7.80. The van der Waals surface area contributed by atoms with Crippen molar-refractivity contribution in [1.82, 2.24) is 0 Å². The molecule has 0 aromatic rings. The van der Waals surface area contributed by atoms with Crippen LogP contribution in [0.2, 0.25) is 0 Å². The molecule has 2 aliphatic rings. The molecule has 68 valence electrons. The molecule has 1 unspecified atom stereocenters. The van der Waals surface area contributed by atoms with Crippen LogP contribution in [0.3, 0.4) is 0 Å². The molecular weight excluding hydrogens is 152 g/mol. The predicted octanol–water partition coefficient (Wildman–Crippen LogP) is 2.13. The number of carbonyl (C=O) groups is 1. The molecule has 1 heterocycles. The van der Waals surface area contributed by atoms with Crippen LogP contribution in [0.5, 0.6) is 0 Å². The van der Waals surface area contributed by atoms with Crippen LogP contribution in [0.15, 0.2) is 0 Å². The Morgan fingerprint density at radius 2 is 1.83 bits per heavy atom. The molecule has 0 amide bonds. The Hall–Kier alpha value is -0.530. The molecule has 1 saturated heterocycles. The van der Waals surface area contributed by atoms with Gasteiger partial charge in [0.2, 0.25) is 5.60 Å². The van der Waals surface area contributed by atoms with E-state index in [4.69, 9.17) is 4.74 Å². The van der Waals surface area contributed by atoms with Crippen LogP contribution in [0, 0.1) is 11.8 Å². The summed E-state index contributed by atoms with van der Waals surface area (Å²) in [4.78, 5) is 11.0. The maximum Gasteiger partial charge on any atom is 0.351 e. The van der Waals surface area contributed by atoms with E-state index in [0.29, 0.717) is 5.92 Å². The Kier molecular flexibility index (Phi) is 1.67. The largest absolute Gasteiger partial charge is 0.444 e. The summed E-state index contributed by atoms with van der Waals surface area (Å²) < 4.78 is 5.04. The minimum atomic E-state index is -0.375. The van der Waals surface area contributed by atoms with Crippen LogP contribution in [0.1, 0.15) is 39.5 Å². The molecule has 1 aliphatic heterocycles. The van der Waals surface area contributed by atoms with Gasteiger partial charge in [-0.05, 0) is 25.7 Å². The molecule has 2 rings (SSSR count). The van der Waals surface area contributed by atoms with Gasteiger partial charge < -0.3 is 4.74 Å². The monoisotopic (exact) mass is 168 g/mol. The first-order valence-electron chi connectivity index (χ1n) is 4.86. The van der Waals surface area contributed by atoms with E-state index in [1.54, 1.807) is 0 Å². The number of carbonyl (C=O) groups excluding carboxylic acids is 1.